The SMILES string of the molecule is COc1cc(C2c3cc4c(cc3C(OC(=O)c3ccc(N=Nc5ccccc5)cc3)C3COC(=O)C23)OCO4)cc(OC)c1OC. The van der Waals surface area contributed by atoms with Gasteiger partial charge in [-0.15, -0.1) is 0 Å². The molecule has 0 N–H and O–H groups in total. The molecule has 0 bridgehead atoms. The number of carbonyl (C=O) groups is 2. The first kappa shape index (κ1) is 29.1. The third-order valence-electron chi connectivity index (χ3n) is 8.54. The molecule has 1 saturated heterocycles. The number of fused-ring (bicyclic) bond motifs is 3. The average molecular weight is 623 g/mol. The van der Waals surface area contributed by atoms with Crippen molar-refractivity contribution in [1.82, 2.24) is 0 Å². The zero-order valence-corrected chi connectivity index (χ0v) is 25.3. The standard InChI is InChI=1S/C35H30N2O9/c1-40-28-13-20(14-29(41-2)33(28)42-3)30-23-15-26-27(45-18-44-26)16-24(23)32(25-17-43-35(39)31(25)30)46-34(38)19-9-11-22(12-10-19)37-36-21-7-5-4-6-8-21/h4-16,25,30-32H,17-18H2,1-3H3. The number of azo groups is 1. The summed E-state index contributed by atoms with van der Waals surface area (Å²) in [5, 5.41) is 8.47. The molecule has 234 valence electrons. The fourth-order valence-electron chi connectivity index (χ4n) is 6.40. The van der Waals surface area contributed by atoms with Crippen LogP contribution in [0.5, 0.6) is 28.7 Å². The number of cyclic esters (lactones) is 1. The highest BCUT2D eigenvalue weighted by molar-refractivity contribution is 5.90. The van der Waals surface area contributed by atoms with Gasteiger partial charge >= 0.3 is 11.9 Å². The second kappa shape index (κ2) is 12.1. The number of rotatable bonds is 8. The van der Waals surface area contributed by atoms with Crippen LogP contribution in [0.2, 0.25) is 0 Å². The fraction of sp³-hybridized carbons (Fsp3) is 0.257. The largest absolute Gasteiger partial charge is 0.493 e. The molecule has 0 amide bonds. The van der Waals surface area contributed by atoms with Gasteiger partial charge in [0.1, 0.15) is 6.10 Å². The van der Waals surface area contributed by atoms with Gasteiger partial charge in [-0.25, -0.2) is 4.79 Å². The summed E-state index contributed by atoms with van der Waals surface area (Å²) in [5.74, 6) is -0.202. The molecule has 11 nitrogen and oxygen atoms in total. The first-order valence-electron chi connectivity index (χ1n) is 14.7. The predicted octanol–water partition coefficient (Wildman–Crippen LogP) is 6.69. The molecule has 2 aliphatic heterocycles. The molecule has 4 aromatic rings. The van der Waals surface area contributed by atoms with Crippen LogP contribution in [0.1, 0.15) is 39.1 Å². The topological polar surface area (TPSA) is 123 Å². The first-order valence-corrected chi connectivity index (χ1v) is 14.7. The van der Waals surface area contributed by atoms with E-state index in [0.717, 1.165) is 16.8 Å². The number of methoxy groups -OCH3 is 3. The molecular formula is C35H30N2O9. The van der Waals surface area contributed by atoms with Gasteiger partial charge in [0.25, 0.3) is 0 Å². The Morgan fingerprint density at radius 1 is 0.761 bits per heavy atom. The van der Waals surface area contributed by atoms with Crippen LogP contribution in [-0.4, -0.2) is 46.7 Å². The molecule has 4 atom stereocenters. The quantitative estimate of drug-likeness (QED) is 0.156. The molecule has 4 unspecified atom stereocenters. The maximum atomic E-state index is 13.6. The van der Waals surface area contributed by atoms with E-state index in [9.17, 15) is 9.59 Å². The van der Waals surface area contributed by atoms with E-state index in [1.54, 1.807) is 24.3 Å². The van der Waals surface area contributed by atoms with Crippen molar-refractivity contribution in [2.24, 2.45) is 22.1 Å². The van der Waals surface area contributed by atoms with Crippen molar-refractivity contribution in [2.45, 2.75) is 12.0 Å². The number of hydrogen-bond acceptors (Lipinski definition) is 11. The molecule has 11 heteroatoms. The van der Waals surface area contributed by atoms with Crippen LogP contribution in [-0.2, 0) is 14.3 Å². The van der Waals surface area contributed by atoms with Crippen LogP contribution in [0.4, 0.5) is 11.4 Å². The van der Waals surface area contributed by atoms with Crippen LogP contribution in [0.3, 0.4) is 0 Å². The highest BCUT2D eigenvalue weighted by Crippen LogP contribution is 2.56. The Morgan fingerprint density at radius 2 is 1.39 bits per heavy atom. The van der Waals surface area contributed by atoms with Gasteiger partial charge in [-0.05, 0) is 71.8 Å². The Labute approximate surface area is 264 Å². The number of hydrogen-bond donors (Lipinski definition) is 0. The lowest BCUT2D eigenvalue weighted by Crippen LogP contribution is -2.36. The van der Waals surface area contributed by atoms with E-state index in [2.05, 4.69) is 10.2 Å². The highest BCUT2D eigenvalue weighted by atomic mass is 16.7. The van der Waals surface area contributed by atoms with Gasteiger partial charge in [-0.3, -0.25) is 4.79 Å². The van der Waals surface area contributed by atoms with Crippen LogP contribution in [0.15, 0.2) is 89.1 Å². The summed E-state index contributed by atoms with van der Waals surface area (Å²) in [6.45, 7) is 0.134. The summed E-state index contributed by atoms with van der Waals surface area (Å²) in [4.78, 5) is 27.0. The second-order valence-corrected chi connectivity index (χ2v) is 11.0. The average Bonchev–Trinajstić information content (AvgIpc) is 3.72. The molecule has 3 aliphatic rings. The van der Waals surface area contributed by atoms with E-state index in [0.29, 0.717) is 45.6 Å². The van der Waals surface area contributed by atoms with Crippen molar-refractivity contribution in [1.29, 1.82) is 0 Å². The third-order valence-corrected chi connectivity index (χ3v) is 8.54. The van der Waals surface area contributed by atoms with Gasteiger partial charge in [-0.1, -0.05) is 18.2 Å². The van der Waals surface area contributed by atoms with E-state index in [4.69, 9.17) is 33.2 Å². The minimum absolute atomic E-state index is 0.0559. The van der Waals surface area contributed by atoms with Crippen molar-refractivity contribution in [3.8, 4) is 28.7 Å². The number of esters is 2. The Kier molecular flexibility index (Phi) is 7.65. The number of nitrogens with zero attached hydrogens (tertiary/aromatic N) is 2. The van der Waals surface area contributed by atoms with E-state index >= 15 is 0 Å². The fourth-order valence-corrected chi connectivity index (χ4v) is 6.40. The lowest BCUT2D eigenvalue weighted by atomic mass is 9.66. The zero-order chi connectivity index (χ0) is 31.8. The van der Waals surface area contributed by atoms with E-state index in [1.165, 1.54) is 21.3 Å². The summed E-state index contributed by atoms with van der Waals surface area (Å²) < 4.78 is 40.1. The first-order chi connectivity index (χ1) is 22.5. The van der Waals surface area contributed by atoms with Crippen LogP contribution in [0, 0.1) is 11.8 Å². The highest BCUT2D eigenvalue weighted by Gasteiger charge is 2.54. The monoisotopic (exact) mass is 622 g/mol. The van der Waals surface area contributed by atoms with Crippen molar-refractivity contribution < 1.29 is 42.7 Å². The molecule has 0 spiro atoms. The molecule has 2 heterocycles. The van der Waals surface area contributed by atoms with Crippen molar-refractivity contribution in [2.75, 3.05) is 34.7 Å². The van der Waals surface area contributed by atoms with Gasteiger partial charge in [0, 0.05) is 17.4 Å². The zero-order valence-electron chi connectivity index (χ0n) is 25.3. The lowest BCUT2D eigenvalue weighted by Gasteiger charge is -2.38. The maximum absolute atomic E-state index is 13.6. The smallest absolute Gasteiger partial charge is 0.338 e. The molecule has 0 radical (unpaired) electrons. The lowest BCUT2D eigenvalue weighted by molar-refractivity contribution is -0.141. The van der Waals surface area contributed by atoms with E-state index in [-0.39, 0.29) is 19.4 Å². The number of benzene rings is 4. The molecule has 1 aliphatic carbocycles. The number of ether oxygens (including phenoxy) is 7. The third kappa shape index (κ3) is 5.13. The predicted molar refractivity (Wildman–Crippen MR) is 164 cm³/mol. The summed E-state index contributed by atoms with van der Waals surface area (Å²) in [6.07, 6.45) is -0.802. The molecule has 0 aromatic heterocycles. The van der Waals surface area contributed by atoms with Crippen LogP contribution >= 0.6 is 0 Å². The Bertz CT molecular complexity index is 1800. The molecule has 0 saturated carbocycles. The van der Waals surface area contributed by atoms with Crippen LogP contribution in [0.25, 0.3) is 0 Å². The molecule has 1 fully saturated rings. The molecule has 46 heavy (non-hydrogen) atoms. The van der Waals surface area contributed by atoms with Crippen LogP contribution < -0.4 is 23.7 Å². The minimum Gasteiger partial charge on any atom is -0.493 e. The van der Waals surface area contributed by atoms with Gasteiger partial charge in [0.05, 0.1) is 50.8 Å². The summed E-state index contributed by atoms with van der Waals surface area (Å²) in [7, 11) is 4.60. The summed E-state index contributed by atoms with van der Waals surface area (Å²) >= 11 is 0. The van der Waals surface area contributed by atoms with E-state index in [1.807, 2.05) is 54.6 Å². The second-order valence-electron chi connectivity index (χ2n) is 11.0. The Morgan fingerprint density at radius 3 is 2.02 bits per heavy atom. The van der Waals surface area contributed by atoms with Gasteiger partial charge in [0.15, 0.2) is 23.0 Å². The molecular weight excluding hydrogens is 592 g/mol. The normalized spacial score (nSPS) is 20.9. The van der Waals surface area contributed by atoms with E-state index < -0.39 is 29.8 Å². The summed E-state index contributed by atoms with van der Waals surface area (Å²) in [5.41, 5.74) is 3.81. The van der Waals surface area contributed by atoms with Crippen molar-refractivity contribution in [3.05, 3.63) is 101 Å². The van der Waals surface area contributed by atoms with Gasteiger partial charge < -0.3 is 33.2 Å². The molecule has 4 aromatic carbocycles. The van der Waals surface area contributed by atoms with Gasteiger partial charge in [0.2, 0.25) is 12.5 Å². The Hall–Kier alpha value is -5.58. The minimum atomic E-state index is -0.802. The summed E-state index contributed by atoms with van der Waals surface area (Å²) in [6, 6.07) is 23.3. The maximum Gasteiger partial charge on any atom is 0.338 e. The molecule has 7 rings (SSSR count). The van der Waals surface area contributed by atoms with Crippen molar-refractivity contribution in [3.63, 3.8) is 0 Å². The van der Waals surface area contributed by atoms with Gasteiger partial charge in [-0.2, -0.15) is 10.2 Å². The Balaban J connectivity index is 1.26. The number of carbonyl (C=O) groups excluding carboxylic acids is 2. The van der Waals surface area contributed by atoms with Crippen molar-refractivity contribution >= 4 is 23.3 Å².